The zero-order valence-electron chi connectivity index (χ0n) is 17.4. The number of rotatable bonds is 6. The number of carbonyl (C=O) groups is 1. The summed E-state index contributed by atoms with van der Waals surface area (Å²) in [6.45, 7) is 5.24. The molecule has 164 valence electrons. The molecule has 1 amide bonds. The predicted molar refractivity (Wildman–Crippen MR) is 122 cm³/mol. The zero-order valence-corrected chi connectivity index (χ0v) is 19.1. The number of anilines is 1. The molecule has 3 aromatic rings. The van der Waals surface area contributed by atoms with Crippen molar-refractivity contribution in [1.29, 1.82) is 0 Å². The highest BCUT2D eigenvalue weighted by atomic mass is 32.2. The third-order valence-corrected chi connectivity index (χ3v) is 7.89. The van der Waals surface area contributed by atoms with Crippen LogP contribution >= 0.6 is 11.8 Å². The van der Waals surface area contributed by atoms with Crippen molar-refractivity contribution < 1.29 is 17.6 Å². The summed E-state index contributed by atoms with van der Waals surface area (Å²) in [7, 11) is -3.54. The summed E-state index contributed by atoms with van der Waals surface area (Å²) in [4.78, 5) is 16.8. The number of nitrogens with one attached hydrogen (secondary N) is 1. The molecular weight excluding hydrogens is 434 g/mol. The monoisotopic (exact) mass is 459 g/mol. The van der Waals surface area contributed by atoms with E-state index in [1.807, 2.05) is 24.3 Å². The van der Waals surface area contributed by atoms with E-state index in [2.05, 4.69) is 24.1 Å². The van der Waals surface area contributed by atoms with Crippen LogP contribution in [0.4, 0.5) is 5.69 Å². The maximum atomic E-state index is 13.0. The fourth-order valence-electron chi connectivity index (χ4n) is 3.90. The molecule has 0 unspecified atom stereocenters. The molecule has 0 saturated carbocycles. The summed E-state index contributed by atoms with van der Waals surface area (Å²) < 4.78 is 33.1. The molecule has 1 aliphatic heterocycles. The largest absolute Gasteiger partial charge is 0.431 e. The number of hydrogen-bond donors (Lipinski definition) is 1. The molecule has 0 bridgehead atoms. The van der Waals surface area contributed by atoms with Gasteiger partial charge in [0.1, 0.15) is 5.52 Å². The molecule has 1 aromatic heterocycles. The van der Waals surface area contributed by atoms with Gasteiger partial charge in [-0.05, 0) is 54.7 Å². The third kappa shape index (κ3) is 5.11. The van der Waals surface area contributed by atoms with Gasteiger partial charge in [0, 0.05) is 18.8 Å². The second-order valence-corrected chi connectivity index (χ2v) is 10.9. The van der Waals surface area contributed by atoms with E-state index in [-0.39, 0.29) is 16.6 Å². The quantitative estimate of drug-likeness (QED) is 0.555. The Kier molecular flexibility index (Phi) is 6.36. The van der Waals surface area contributed by atoms with Gasteiger partial charge in [0.25, 0.3) is 5.22 Å². The van der Waals surface area contributed by atoms with E-state index in [1.165, 1.54) is 11.8 Å². The lowest BCUT2D eigenvalue weighted by Crippen LogP contribution is -2.42. The molecule has 2 aromatic carbocycles. The topological polar surface area (TPSA) is 92.5 Å². The Labute approximate surface area is 186 Å². The van der Waals surface area contributed by atoms with E-state index in [9.17, 15) is 13.2 Å². The van der Waals surface area contributed by atoms with Crippen LogP contribution in [0.2, 0.25) is 0 Å². The van der Waals surface area contributed by atoms with Crippen molar-refractivity contribution in [3.63, 3.8) is 0 Å². The van der Waals surface area contributed by atoms with Crippen molar-refractivity contribution in [2.75, 3.05) is 24.2 Å². The minimum absolute atomic E-state index is 0.135. The second kappa shape index (κ2) is 9.02. The molecule has 1 aliphatic rings. The van der Waals surface area contributed by atoms with Crippen LogP contribution in [-0.4, -0.2) is 42.5 Å². The Hall–Kier alpha value is -2.36. The first-order valence-electron chi connectivity index (χ1n) is 10.2. The second-order valence-electron chi connectivity index (χ2n) is 8.08. The molecule has 0 spiro atoms. The van der Waals surface area contributed by atoms with E-state index in [4.69, 9.17) is 4.42 Å². The fraction of sp³-hybridized carbons (Fsp3) is 0.364. The number of amides is 1. The van der Waals surface area contributed by atoms with Crippen LogP contribution in [0.3, 0.4) is 0 Å². The first-order chi connectivity index (χ1) is 14.8. The molecule has 7 nitrogen and oxygen atoms in total. The van der Waals surface area contributed by atoms with Crippen molar-refractivity contribution in [2.24, 2.45) is 11.8 Å². The van der Waals surface area contributed by atoms with Crippen LogP contribution < -0.4 is 5.32 Å². The molecule has 1 N–H and O–H groups in total. The summed E-state index contributed by atoms with van der Waals surface area (Å²) >= 11 is 1.21. The lowest BCUT2D eigenvalue weighted by atomic mass is 9.94. The predicted octanol–water partition coefficient (Wildman–Crippen LogP) is 4.23. The number of hydrogen-bond acceptors (Lipinski definition) is 6. The Morgan fingerprint density at radius 2 is 1.81 bits per heavy atom. The van der Waals surface area contributed by atoms with Gasteiger partial charge in [-0.3, -0.25) is 4.79 Å². The Bertz CT molecular complexity index is 1130. The van der Waals surface area contributed by atoms with Gasteiger partial charge in [-0.2, -0.15) is 4.31 Å². The smallest absolute Gasteiger partial charge is 0.257 e. The fourth-order valence-corrected chi connectivity index (χ4v) is 6.22. The average Bonchev–Trinajstić information content (AvgIpc) is 3.15. The van der Waals surface area contributed by atoms with Gasteiger partial charge < -0.3 is 9.73 Å². The maximum absolute atomic E-state index is 13.0. The van der Waals surface area contributed by atoms with Crippen LogP contribution in [0.5, 0.6) is 0 Å². The number of benzene rings is 2. The average molecular weight is 460 g/mol. The molecule has 2 atom stereocenters. The minimum atomic E-state index is -3.54. The van der Waals surface area contributed by atoms with Crippen LogP contribution in [0.15, 0.2) is 63.1 Å². The normalized spacial score (nSPS) is 20.1. The summed E-state index contributed by atoms with van der Waals surface area (Å²) in [5, 5.41) is 3.21. The van der Waals surface area contributed by atoms with Gasteiger partial charge in [-0.25, -0.2) is 13.4 Å². The zero-order chi connectivity index (χ0) is 22.0. The first kappa shape index (κ1) is 21.9. The summed E-state index contributed by atoms with van der Waals surface area (Å²) in [6, 6.07) is 13.7. The summed E-state index contributed by atoms with van der Waals surface area (Å²) in [5.74, 6) is 0.601. The molecule has 0 radical (unpaired) electrons. The molecular formula is C22H25N3O4S2. The number of sulfonamides is 1. The van der Waals surface area contributed by atoms with E-state index in [1.54, 1.807) is 28.6 Å². The number of aromatic nitrogens is 1. The van der Waals surface area contributed by atoms with Crippen molar-refractivity contribution in [2.45, 2.75) is 30.4 Å². The highest BCUT2D eigenvalue weighted by Gasteiger charge is 2.31. The summed E-state index contributed by atoms with van der Waals surface area (Å²) in [5.41, 5.74) is 1.97. The van der Waals surface area contributed by atoms with Crippen molar-refractivity contribution >= 4 is 44.5 Å². The van der Waals surface area contributed by atoms with Crippen molar-refractivity contribution in [3.05, 3.63) is 48.5 Å². The molecule has 1 saturated heterocycles. The van der Waals surface area contributed by atoms with Gasteiger partial charge >= 0.3 is 0 Å². The van der Waals surface area contributed by atoms with Gasteiger partial charge in [0.05, 0.1) is 10.6 Å². The molecule has 4 rings (SSSR count). The van der Waals surface area contributed by atoms with Gasteiger partial charge in [0.2, 0.25) is 15.9 Å². The van der Waals surface area contributed by atoms with Crippen LogP contribution in [0.25, 0.3) is 11.1 Å². The van der Waals surface area contributed by atoms with E-state index in [0.29, 0.717) is 41.4 Å². The molecule has 1 fully saturated rings. The number of fused-ring (bicyclic) bond motifs is 1. The van der Waals surface area contributed by atoms with E-state index < -0.39 is 10.0 Å². The molecule has 9 heteroatoms. The highest BCUT2D eigenvalue weighted by Crippen LogP contribution is 2.27. The molecule has 31 heavy (non-hydrogen) atoms. The van der Waals surface area contributed by atoms with E-state index >= 15 is 0 Å². The van der Waals surface area contributed by atoms with E-state index in [0.717, 1.165) is 11.9 Å². The van der Waals surface area contributed by atoms with Gasteiger partial charge in [0.15, 0.2) is 5.58 Å². The highest BCUT2D eigenvalue weighted by molar-refractivity contribution is 7.99. The maximum Gasteiger partial charge on any atom is 0.257 e. The van der Waals surface area contributed by atoms with Gasteiger partial charge in [-0.1, -0.05) is 37.7 Å². The Morgan fingerprint density at radius 3 is 2.48 bits per heavy atom. The van der Waals surface area contributed by atoms with Crippen LogP contribution in [-0.2, 0) is 14.8 Å². The molecule has 2 heterocycles. The number of thioether (sulfide) groups is 1. The van der Waals surface area contributed by atoms with Gasteiger partial charge in [-0.15, -0.1) is 0 Å². The van der Waals surface area contributed by atoms with Crippen LogP contribution in [0.1, 0.15) is 20.3 Å². The number of carbonyl (C=O) groups excluding carboxylic acids is 1. The Morgan fingerprint density at radius 1 is 1.13 bits per heavy atom. The Balaban J connectivity index is 1.36. The molecule has 0 aliphatic carbocycles. The minimum Gasteiger partial charge on any atom is -0.431 e. The van der Waals surface area contributed by atoms with Crippen LogP contribution in [0, 0.1) is 11.8 Å². The summed E-state index contributed by atoms with van der Waals surface area (Å²) in [6.07, 6.45) is 1.04. The van der Waals surface area contributed by atoms with Crippen molar-refractivity contribution in [1.82, 2.24) is 9.29 Å². The standard InChI is InChI=1S/C22H25N3O4S2/c1-15-11-16(2)13-25(12-15)31(27,28)18-9-7-17(8-10-18)23-21(26)14-30-22-24-19-5-3-4-6-20(19)29-22/h3-10,15-16H,11-14H2,1-2H3,(H,23,26)/t15-,16-/m1/s1. The lowest BCUT2D eigenvalue weighted by Gasteiger charge is -2.34. The number of nitrogens with zero attached hydrogens (tertiary/aromatic N) is 2. The number of para-hydroxylation sites is 2. The van der Waals surface area contributed by atoms with Crippen molar-refractivity contribution in [3.8, 4) is 0 Å². The first-order valence-corrected chi connectivity index (χ1v) is 12.6. The lowest BCUT2D eigenvalue weighted by molar-refractivity contribution is -0.113. The third-order valence-electron chi connectivity index (χ3n) is 5.21. The number of piperidine rings is 1. The SMILES string of the molecule is C[C@@H]1C[C@@H](C)CN(S(=O)(=O)c2ccc(NC(=O)CSc3nc4ccccc4o3)cc2)C1. The number of oxazole rings is 1.